The maximum Gasteiger partial charge on any atom is 0.0529 e. The van der Waals surface area contributed by atoms with Gasteiger partial charge in [0.2, 0.25) is 0 Å². The second kappa shape index (κ2) is 5.85. The molecule has 0 atom stereocenters. The van der Waals surface area contributed by atoms with Crippen molar-refractivity contribution in [2.45, 2.75) is 155 Å². The predicted octanol–water partition coefficient (Wildman–Crippen LogP) is 5.38. The van der Waals surface area contributed by atoms with E-state index in [0.29, 0.717) is 0 Å². The van der Waals surface area contributed by atoms with Gasteiger partial charge in [-0.05, 0) is 111 Å². The molecular formula is C26H52N4. The maximum absolute atomic E-state index is 2.84. The lowest BCUT2D eigenvalue weighted by molar-refractivity contribution is -0.311. The lowest BCUT2D eigenvalue weighted by Crippen LogP contribution is -2.92. The highest BCUT2D eigenvalue weighted by atomic mass is 15.6. The molecule has 0 unspecified atom stereocenters. The Labute approximate surface area is 188 Å². The highest BCUT2D eigenvalue weighted by Crippen LogP contribution is 2.58. The summed E-state index contributed by atoms with van der Waals surface area (Å²) in [5, 5.41) is 0. The van der Waals surface area contributed by atoms with Gasteiger partial charge < -0.3 is 0 Å². The van der Waals surface area contributed by atoms with Crippen molar-refractivity contribution >= 4 is 0 Å². The van der Waals surface area contributed by atoms with Gasteiger partial charge in [0.1, 0.15) is 0 Å². The molecule has 176 valence electrons. The molecule has 0 spiro atoms. The molecule has 4 nitrogen and oxygen atoms in total. The van der Waals surface area contributed by atoms with E-state index in [9.17, 15) is 0 Å². The minimum absolute atomic E-state index is 0.0105. The minimum atomic E-state index is -0.0105. The van der Waals surface area contributed by atoms with Gasteiger partial charge >= 0.3 is 0 Å². The Bertz CT molecular complexity index is 545. The van der Waals surface area contributed by atoms with Gasteiger partial charge in [0.25, 0.3) is 0 Å². The SMILES string of the molecule is CC1(C)[N@]2C[N@@]3C(C)(C)C(C)(C)[N@@](C[N@@](C(C)(C)C3(C)C)C1(C)C)C(C)(C)C2(C)C. The minimum Gasteiger partial charge on any atom is -0.276 e. The monoisotopic (exact) mass is 420 g/mol. The van der Waals surface area contributed by atoms with Crippen molar-refractivity contribution < 1.29 is 0 Å². The summed E-state index contributed by atoms with van der Waals surface area (Å²) in [5.41, 5.74) is -0.0838. The van der Waals surface area contributed by atoms with E-state index in [1.165, 1.54) is 0 Å². The summed E-state index contributed by atoms with van der Waals surface area (Å²) in [6.07, 6.45) is 0. The molecule has 0 aromatic rings. The molecule has 0 amide bonds. The molecule has 4 aliphatic heterocycles. The van der Waals surface area contributed by atoms with Crippen molar-refractivity contribution in [3.8, 4) is 0 Å². The third kappa shape index (κ3) is 2.38. The Morgan fingerprint density at radius 2 is 0.367 bits per heavy atom. The van der Waals surface area contributed by atoms with E-state index >= 15 is 0 Å². The summed E-state index contributed by atoms with van der Waals surface area (Å²) in [6, 6.07) is 0. The maximum atomic E-state index is 2.84. The second-order valence-electron chi connectivity index (χ2n) is 14.5. The molecule has 4 bridgehead atoms. The first-order chi connectivity index (χ1) is 12.9. The molecule has 4 aliphatic rings. The largest absolute Gasteiger partial charge is 0.276 e. The average molecular weight is 421 g/mol. The topological polar surface area (TPSA) is 13.0 Å². The van der Waals surface area contributed by atoms with Crippen LogP contribution in [0.4, 0.5) is 0 Å². The molecule has 0 saturated carbocycles. The van der Waals surface area contributed by atoms with Crippen molar-refractivity contribution in [1.82, 2.24) is 19.6 Å². The fraction of sp³-hybridized carbons (Fsp3) is 1.00. The summed E-state index contributed by atoms with van der Waals surface area (Å²) < 4.78 is 0. The third-order valence-corrected chi connectivity index (χ3v) is 12.0. The molecule has 0 aromatic carbocycles. The molecule has 0 aromatic heterocycles. The Balaban J connectivity index is 2.54. The Hall–Kier alpha value is -0.160. The molecule has 4 saturated heterocycles. The first-order valence-corrected chi connectivity index (χ1v) is 12.1. The predicted molar refractivity (Wildman–Crippen MR) is 130 cm³/mol. The van der Waals surface area contributed by atoms with Crippen molar-refractivity contribution in [2.75, 3.05) is 13.3 Å². The number of fused-ring (bicyclic) bond motifs is 4. The summed E-state index contributed by atoms with van der Waals surface area (Å²) in [6.45, 7) is 41.7. The van der Waals surface area contributed by atoms with Crippen LogP contribution in [0, 0.1) is 0 Å². The molecule has 0 N–H and O–H groups in total. The molecule has 4 rings (SSSR count). The van der Waals surface area contributed by atoms with Crippen LogP contribution in [0.2, 0.25) is 0 Å². The van der Waals surface area contributed by atoms with Crippen molar-refractivity contribution in [3.05, 3.63) is 0 Å². The Morgan fingerprint density at radius 1 is 0.267 bits per heavy atom. The van der Waals surface area contributed by atoms with Crippen molar-refractivity contribution in [1.29, 1.82) is 0 Å². The molecule has 0 aliphatic carbocycles. The van der Waals surface area contributed by atoms with Crippen molar-refractivity contribution in [2.24, 2.45) is 0 Å². The van der Waals surface area contributed by atoms with Crippen LogP contribution in [-0.2, 0) is 0 Å². The van der Waals surface area contributed by atoms with Crippen LogP contribution >= 0.6 is 0 Å². The summed E-state index contributed by atoms with van der Waals surface area (Å²) >= 11 is 0. The van der Waals surface area contributed by atoms with Crippen molar-refractivity contribution in [3.63, 3.8) is 0 Å². The van der Waals surface area contributed by atoms with Crippen LogP contribution in [0.15, 0.2) is 0 Å². The van der Waals surface area contributed by atoms with Gasteiger partial charge in [-0.1, -0.05) is 0 Å². The van der Waals surface area contributed by atoms with Crippen LogP contribution in [0.3, 0.4) is 0 Å². The average Bonchev–Trinajstić information content (AvgIpc) is 2.50. The number of hydrogen-bond acceptors (Lipinski definition) is 4. The fourth-order valence-corrected chi connectivity index (χ4v) is 7.13. The van der Waals surface area contributed by atoms with Gasteiger partial charge in [-0.25, -0.2) is 0 Å². The number of nitrogens with zero attached hydrogens (tertiary/aromatic N) is 4. The van der Waals surface area contributed by atoms with Crippen LogP contribution < -0.4 is 0 Å². The van der Waals surface area contributed by atoms with E-state index in [-0.39, 0.29) is 44.3 Å². The van der Waals surface area contributed by atoms with Gasteiger partial charge in [-0.2, -0.15) is 0 Å². The van der Waals surface area contributed by atoms with E-state index < -0.39 is 0 Å². The Kier molecular flexibility index (Phi) is 4.77. The molecule has 4 heteroatoms. The first kappa shape index (κ1) is 24.5. The zero-order valence-electron chi connectivity index (χ0n) is 23.2. The summed E-state index contributed by atoms with van der Waals surface area (Å²) in [7, 11) is 0. The molecule has 4 fully saturated rings. The zero-order chi connectivity index (χ0) is 23.7. The Morgan fingerprint density at radius 3 is 0.467 bits per heavy atom. The van der Waals surface area contributed by atoms with E-state index in [4.69, 9.17) is 0 Å². The van der Waals surface area contributed by atoms with Gasteiger partial charge in [0.15, 0.2) is 0 Å². The molecule has 0 radical (unpaired) electrons. The van der Waals surface area contributed by atoms with E-state index in [1.807, 2.05) is 0 Å². The van der Waals surface area contributed by atoms with E-state index in [1.54, 1.807) is 0 Å². The normalized spacial score (nSPS) is 43.2. The van der Waals surface area contributed by atoms with Crippen LogP contribution in [0.25, 0.3) is 0 Å². The van der Waals surface area contributed by atoms with E-state index in [2.05, 4.69) is 130 Å². The summed E-state index contributed by atoms with van der Waals surface area (Å²) in [5.74, 6) is 0. The van der Waals surface area contributed by atoms with Gasteiger partial charge in [-0.3, -0.25) is 19.6 Å². The smallest absolute Gasteiger partial charge is 0.0529 e. The van der Waals surface area contributed by atoms with Crippen LogP contribution in [0.5, 0.6) is 0 Å². The van der Waals surface area contributed by atoms with Gasteiger partial charge in [0, 0.05) is 44.3 Å². The molecule has 30 heavy (non-hydrogen) atoms. The fourth-order valence-electron chi connectivity index (χ4n) is 7.13. The summed E-state index contributed by atoms with van der Waals surface area (Å²) in [4.78, 5) is 11.4. The second-order valence-corrected chi connectivity index (χ2v) is 14.5. The third-order valence-electron chi connectivity index (χ3n) is 12.0. The van der Waals surface area contributed by atoms with Crippen LogP contribution in [0.1, 0.15) is 111 Å². The van der Waals surface area contributed by atoms with E-state index in [0.717, 1.165) is 13.3 Å². The first-order valence-electron chi connectivity index (χ1n) is 12.1. The van der Waals surface area contributed by atoms with Gasteiger partial charge in [0.05, 0.1) is 13.3 Å². The highest BCUT2D eigenvalue weighted by Gasteiger charge is 2.70. The standard InChI is InChI=1S/C26H52N4/c1-19(2)20(3,4)28-18-30-22(7,8)21(5,6)27(19)17-29(24(11,12)23(28,9)10)25(13,14)26(30,15)16/h17-18H2,1-16H3. The van der Waals surface area contributed by atoms with Crippen LogP contribution in [-0.4, -0.2) is 77.2 Å². The number of rotatable bonds is 0. The van der Waals surface area contributed by atoms with Gasteiger partial charge in [-0.15, -0.1) is 0 Å². The zero-order valence-corrected chi connectivity index (χ0v) is 23.2. The number of hydrogen-bond donors (Lipinski definition) is 0. The molecular weight excluding hydrogens is 368 g/mol. The quantitative estimate of drug-likeness (QED) is 0.521. The lowest BCUT2D eigenvalue weighted by Gasteiger charge is -2.79. The highest BCUT2D eigenvalue weighted by molar-refractivity contribution is 5.26. The lowest BCUT2D eigenvalue weighted by atomic mass is 9.62. The molecule has 4 heterocycles.